The van der Waals surface area contributed by atoms with E-state index in [0.717, 1.165) is 10.4 Å². The Hall–Kier alpha value is -2.34. The number of hydrogen-bond acceptors (Lipinski definition) is 3. The van der Waals surface area contributed by atoms with Crippen LogP contribution in [0.15, 0.2) is 53.9 Å². The SMILES string of the molecule is Cc1ccsc1CN1C(=O)c2ccccc2C(C(=O)O)C1c1ccc(Cl)cc1Cl. The van der Waals surface area contributed by atoms with Crippen molar-refractivity contribution in [2.24, 2.45) is 0 Å². The minimum Gasteiger partial charge on any atom is -0.481 e. The number of thiophene rings is 1. The Labute approximate surface area is 182 Å². The van der Waals surface area contributed by atoms with Gasteiger partial charge in [-0.15, -0.1) is 11.3 Å². The molecule has 1 amide bonds. The first-order chi connectivity index (χ1) is 13.9. The van der Waals surface area contributed by atoms with Crippen LogP contribution in [0.2, 0.25) is 10.0 Å². The van der Waals surface area contributed by atoms with Crippen molar-refractivity contribution in [3.05, 3.63) is 91.1 Å². The Balaban J connectivity index is 1.93. The first-order valence-corrected chi connectivity index (χ1v) is 10.6. The lowest BCUT2D eigenvalue weighted by atomic mass is 9.79. The number of carbonyl (C=O) groups excluding carboxylic acids is 1. The molecule has 2 atom stereocenters. The highest BCUT2D eigenvalue weighted by molar-refractivity contribution is 7.10. The van der Waals surface area contributed by atoms with E-state index in [0.29, 0.717) is 33.3 Å². The summed E-state index contributed by atoms with van der Waals surface area (Å²) in [6.07, 6.45) is 0. The van der Waals surface area contributed by atoms with Crippen molar-refractivity contribution in [3.63, 3.8) is 0 Å². The van der Waals surface area contributed by atoms with Gasteiger partial charge >= 0.3 is 5.97 Å². The minimum absolute atomic E-state index is 0.207. The van der Waals surface area contributed by atoms with Gasteiger partial charge in [-0.25, -0.2) is 0 Å². The highest BCUT2D eigenvalue weighted by Crippen LogP contribution is 2.46. The molecule has 1 aromatic heterocycles. The standard InChI is InChI=1S/C22H17Cl2NO3S/c1-12-8-9-29-18(12)11-25-20(16-7-6-13(23)10-17(16)24)19(22(27)28)14-4-2-3-5-15(14)21(25)26/h2-10,19-20H,11H2,1H3,(H,27,28). The molecule has 1 aliphatic heterocycles. The van der Waals surface area contributed by atoms with Gasteiger partial charge in [0.25, 0.3) is 5.91 Å². The van der Waals surface area contributed by atoms with Crippen LogP contribution in [0.3, 0.4) is 0 Å². The minimum atomic E-state index is -1.01. The van der Waals surface area contributed by atoms with Crippen LogP contribution in [0.1, 0.15) is 43.9 Å². The number of hydrogen-bond donors (Lipinski definition) is 1. The number of halogens is 2. The molecule has 0 radical (unpaired) electrons. The molecular weight excluding hydrogens is 429 g/mol. The molecule has 4 rings (SSSR count). The number of aliphatic carboxylic acids is 1. The fraction of sp³-hybridized carbons (Fsp3) is 0.182. The van der Waals surface area contributed by atoms with E-state index in [9.17, 15) is 14.7 Å². The molecule has 148 valence electrons. The molecule has 0 saturated heterocycles. The van der Waals surface area contributed by atoms with Crippen molar-refractivity contribution in [2.45, 2.75) is 25.4 Å². The van der Waals surface area contributed by atoms with Gasteiger partial charge in [-0.05, 0) is 53.3 Å². The van der Waals surface area contributed by atoms with Gasteiger partial charge in [-0.2, -0.15) is 0 Å². The predicted octanol–water partition coefficient (Wildman–Crippen LogP) is 5.93. The topological polar surface area (TPSA) is 57.6 Å². The summed E-state index contributed by atoms with van der Waals surface area (Å²) in [6.45, 7) is 2.29. The molecule has 0 spiro atoms. The van der Waals surface area contributed by atoms with Crippen LogP contribution in [0, 0.1) is 6.92 Å². The summed E-state index contributed by atoms with van der Waals surface area (Å²) < 4.78 is 0. The van der Waals surface area contributed by atoms with Crippen LogP contribution in [-0.4, -0.2) is 21.9 Å². The van der Waals surface area contributed by atoms with E-state index >= 15 is 0 Å². The molecule has 7 heteroatoms. The van der Waals surface area contributed by atoms with E-state index in [-0.39, 0.29) is 5.91 Å². The van der Waals surface area contributed by atoms with Gasteiger partial charge in [0.05, 0.1) is 12.6 Å². The molecule has 1 N–H and O–H groups in total. The molecule has 4 nitrogen and oxygen atoms in total. The summed E-state index contributed by atoms with van der Waals surface area (Å²) in [5.74, 6) is -2.15. The molecule has 3 aromatic rings. The van der Waals surface area contributed by atoms with Crippen LogP contribution in [-0.2, 0) is 11.3 Å². The van der Waals surface area contributed by atoms with Crippen molar-refractivity contribution in [1.82, 2.24) is 4.90 Å². The van der Waals surface area contributed by atoms with E-state index in [1.807, 2.05) is 18.4 Å². The molecule has 0 fully saturated rings. The number of nitrogens with zero attached hydrogens (tertiary/aromatic N) is 1. The maximum Gasteiger partial charge on any atom is 0.313 e. The van der Waals surface area contributed by atoms with Gasteiger partial charge in [0.2, 0.25) is 0 Å². The number of fused-ring (bicyclic) bond motifs is 1. The van der Waals surface area contributed by atoms with E-state index in [1.165, 1.54) is 0 Å². The maximum absolute atomic E-state index is 13.5. The molecule has 0 bridgehead atoms. The molecule has 1 aliphatic rings. The average molecular weight is 446 g/mol. The van der Waals surface area contributed by atoms with Crippen LogP contribution in [0.25, 0.3) is 0 Å². The smallest absolute Gasteiger partial charge is 0.313 e. The summed E-state index contributed by atoms with van der Waals surface area (Å²) >= 11 is 14.1. The molecule has 2 heterocycles. The largest absolute Gasteiger partial charge is 0.481 e. The Bertz CT molecular complexity index is 1110. The summed E-state index contributed by atoms with van der Waals surface area (Å²) in [5, 5.41) is 12.9. The first-order valence-electron chi connectivity index (χ1n) is 8.99. The van der Waals surface area contributed by atoms with Crippen LogP contribution in [0.4, 0.5) is 0 Å². The number of rotatable bonds is 4. The van der Waals surface area contributed by atoms with Gasteiger partial charge in [0.1, 0.15) is 5.92 Å². The second-order valence-electron chi connectivity index (χ2n) is 6.97. The molecule has 2 unspecified atom stereocenters. The molecule has 0 saturated carbocycles. The Morgan fingerprint density at radius 1 is 1.14 bits per heavy atom. The van der Waals surface area contributed by atoms with Gasteiger partial charge in [0.15, 0.2) is 0 Å². The fourth-order valence-corrected chi connectivity index (χ4v) is 5.27. The second kappa shape index (κ2) is 7.82. The second-order valence-corrected chi connectivity index (χ2v) is 8.82. The zero-order valence-electron chi connectivity index (χ0n) is 15.4. The normalized spacial score (nSPS) is 18.6. The predicted molar refractivity (Wildman–Crippen MR) is 115 cm³/mol. The molecule has 2 aromatic carbocycles. The number of benzene rings is 2. The average Bonchev–Trinajstić information content (AvgIpc) is 3.08. The summed E-state index contributed by atoms with van der Waals surface area (Å²) in [5.41, 5.74) is 2.55. The fourth-order valence-electron chi connectivity index (χ4n) is 3.84. The van der Waals surface area contributed by atoms with Crippen LogP contribution < -0.4 is 0 Å². The third kappa shape index (κ3) is 3.54. The van der Waals surface area contributed by atoms with Crippen molar-refractivity contribution in [2.75, 3.05) is 0 Å². The number of carboxylic acid groups (broad SMARTS) is 1. The number of aryl methyl sites for hydroxylation is 1. The van der Waals surface area contributed by atoms with Crippen LogP contribution in [0.5, 0.6) is 0 Å². The number of carbonyl (C=O) groups is 2. The first kappa shape index (κ1) is 20.0. The van der Waals surface area contributed by atoms with E-state index in [4.69, 9.17) is 23.2 Å². The lowest BCUT2D eigenvalue weighted by Gasteiger charge is -2.41. The van der Waals surface area contributed by atoms with E-state index in [1.54, 1.807) is 58.7 Å². The third-order valence-corrected chi connectivity index (χ3v) is 6.84. The molecular formula is C22H17Cl2NO3S. The number of carboxylic acids is 1. The third-order valence-electron chi connectivity index (χ3n) is 5.27. The quantitative estimate of drug-likeness (QED) is 0.541. The zero-order chi connectivity index (χ0) is 20.7. The highest BCUT2D eigenvalue weighted by atomic mass is 35.5. The maximum atomic E-state index is 13.5. The number of amides is 1. The molecule has 29 heavy (non-hydrogen) atoms. The zero-order valence-corrected chi connectivity index (χ0v) is 17.8. The summed E-state index contributed by atoms with van der Waals surface area (Å²) in [7, 11) is 0. The van der Waals surface area contributed by atoms with Gasteiger partial charge in [-0.3, -0.25) is 9.59 Å². The van der Waals surface area contributed by atoms with Gasteiger partial charge in [-0.1, -0.05) is 47.5 Å². The molecule has 0 aliphatic carbocycles. The lowest BCUT2D eigenvalue weighted by Crippen LogP contribution is -2.44. The van der Waals surface area contributed by atoms with Gasteiger partial charge < -0.3 is 10.0 Å². The summed E-state index contributed by atoms with van der Waals surface area (Å²) in [4.78, 5) is 28.5. The van der Waals surface area contributed by atoms with Crippen molar-refractivity contribution in [3.8, 4) is 0 Å². The Morgan fingerprint density at radius 2 is 1.90 bits per heavy atom. The summed E-state index contributed by atoms with van der Waals surface area (Å²) in [6, 6.07) is 13.1. The van der Waals surface area contributed by atoms with Gasteiger partial charge in [0, 0.05) is 20.5 Å². The Morgan fingerprint density at radius 3 is 2.55 bits per heavy atom. The van der Waals surface area contributed by atoms with Crippen molar-refractivity contribution < 1.29 is 14.7 Å². The lowest BCUT2D eigenvalue weighted by molar-refractivity contribution is -0.140. The highest BCUT2D eigenvalue weighted by Gasteiger charge is 2.45. The Kier molecular flexibility index (Phi) is 5.38. The van der Waals surface area contributed by atoms with E-state index in [2.05, 4.69) is 0 Å². The van der Waals surface area contributed by atoms with E-state index < -0.39 is 17.9 Å². The van der Waals surface area contributed by atoms with Crippen molar-refractivity contribution in [1.29, 1.82) is 0 Å². The monoisotopic (exact) mass is 445 g/mol. The van der Waals surface area contributed by atoms with Crippen molar-refractivity contribution >= 4 is 46.4 Å². The van der Waals surface area contributed by atoms with Crippen LogP contribution >= 0.6 is 34.5 Å².